The van der Waals surface area contributed by atoms with Crippen molar-refractivity contribution < 1.29 is 0 Å². The minimum absolute atomic E-state index is 1.18. The molecular formula is C12H15N. The van der Waals surface area contributed by atoms with Gasteiger partial charge in [-0.15, -0.1) is 0 Å². The van der Waals surface area contributed by atoms with Crippen molar-refractivity contribution in [1.29, 1.82) is 0 Å². The molecule has 0 radical (unpaired) electrons. The minimum Gasteiger partial charge on any atom is -0.362 e. The first kappa shape index (κ1) is 8.36. The van der Waals surface area contributed by atoms with Crippen molar-refractivity contribution in [2.24, 2.45) is 0 Å². The normalized spacial score (nSPS) is 15.8. The summed E-state index contributed by atoms with van der Waals surface area (Å²) in [6, 6.07) is 10.3. The molecule has 0 amide bonds. The van der Waals surface area contributed by atoms with Crippen molar-refractivity contribution in [2.75, 3.05) is 5.32 Å². The molecule has 2 rings (SSSR count). The number of rotatable bonds is 2. The van der Waals surface area contributed by atoms with Crippen molar-refractivity contribution >= 4 is 5.69 Å². The van der Waals surface area contributed by atoms with E-state index in [0.29, 0.717) is 0 Å². The molecule has 1 aliphatic carbocycles. The Bertz CT molecular complexity index is 279. The fourth-order valence-electron chi connectivity index (χ4n) is 1.69. The van der Waals surface area contributed by atoms with Crippen LogP contribution in [0.3, 0.4) is 0 Å². The first-order chi connectivity index (χ1) is 6.45. The number of hydrogen-bond acceptors (Lipinski definition) is 1. The van der Waals surface area contributed by atoms with Gasteiger partial charge in [0.05, 0.1) is 0 Å². The maximum Gasteiger partial charge on any atom is 0.0379 e. The van der Waals surface area contributed by atoms with Crippen molar-refractivity contribution in [3.8, 4) is 0 Å². The van der Waals surface area contributed by atoms with Crippen LogP contribution in [0.15, 0.2) is 42.1 Å². The highest BCUT2D eigenvalue weighted by Gasteiger charge is 2.05. The largest absolute Gasteiger partial charge is 0.362 e. The smallest absolute Gasteiger partial charge is 0.0379 e. The summed E-state index contributed by atoms with van der Waals surface area (Å²) in [6.45, 7) is 0. The molecule has 1 saturated carbocycles. The summed E-state index contributed by atoms with van der Waals surface area (Å²) in [5, 5.41) is 3.32. The van der Waals surface area contributed by atoms with E-state index in [1.165, 1.54) is 31.4 Å². The molecule has 0 unspecified atom stereocenters. The number of allylic oxidation sites excluding steroid dienone is 1. The fraction of sp³-hybridized carbons (Fsp3) is 0.333. The third kappa shape index (κ3) is 2.35. The zero-order valence-corrected chi connectivity index (χ0v) is 7.79. The molecule has 1 N–H and O–H groups in total. The molecule has 1 aromatic carbocycles. The topological polar surface area (TPSA) is 12.0 Å². The van der Waals surface area contributed by atoms with Gasteiger partial charge in [0.1, 0.15) is 0 Å². The van der Waals surface area contributed by atoms with Gasteiger partial charge in [-0.3, -0.25) is 0 Å². The number of benzene rings is 1. The molecule has 13 heavy (non-hydrogen) atoms. The number of anilines is 1. The molecule has 0 bridgehead atoms. The lowest BCUT2D eigenvalue weighted by Gasteiger charge is -2.01. The van der Waals surface area contributed by atoms with E-state index < -0.39 is 0 Å². The summed E-state index contributed by atoms with van der Waals surface area (Å²) in [7, 11) is 0. The molecule has 1 nitrogen and oxygen atoms in total. The summed E-state index contributed by atoms with van der Waals surface area (Å²) in [5.41, 5.74) is 2.74. The number of hydrogen-bond donors (Lipinski definition) is 1. The first-order valence-corrected chi connectivity index (χ1v) is 4.95. The van der Waals surface area contributed by atoms with E-state index >= 15 is 0 Å². The Labute approximate surface area is 79.5 Å². The SMILES string of the molecule is C(Nc1ccccc1)=C1CCCC1. The summed E-state index contributed by atoms with van der Waals surface area (Å²) in [5.74, 6) is 0. The van der Waals surface area contributed by atoms with E-state index in [2.05, 4.69) is 35.8 Å². The molecule has 68 valence electrons. The third-order valence-electron chi connectivity index (χ3n) is 2.46. The summed E-state index contributed by atoms with van der Waals surface area (Å²) >= 11 is 0. The maximum atomic E-state index is 3.32. The molecule has 1 fully saturated rings. The van der Waals surface area contributed by atoms with Gasteiger partial charge in [0.25, 0.3) is 0 Å². The number of para-hydroxylation sites is 1. The highest BCUT2D eigenvalue weighted by molar-refractivity contribution is 5.45. The van der Waals surface area contributed by atoms with Crippen LogP contribution >= 0.6 is 0 Å². The predicted octanol–water partition coefficient (Wildman–Crippen LogP) is 3.56. The minimum atomic E-state index is 1.18. The number of nitrogens with one attached hydrogen (secondary N) is 1. The third-order valence-corrected chi connectivity index (χ3v) is 2.46. The van der Waals surface area contributed by atoms with Crippen LogP contribution in [0.1, 0.15) is 25.7 Å². The zero-order valence-electron chi connectivity index (χ0n) is 7.79. The Morgan fingerprint density at radius 2 is 1.69 bits per heavy atom. The van der Waals surface area contributed by atoms with Crippen molar-refractivity contribution in [3.05, 3.63) is 42.1 Å². The van der Waals surface area contributed by atoms with Gasteiger partial charge in [0, 0.05) is 11.9 Å². The molecule has 0 heterocycles. The molecule has 1 aromatic rings. The molecule has 0 aromatic heterocycles. The van der Waals surface area contributed by atoms with Gasteiger partial charge >= 0.3 is 0 Å². The molecule has 0 aliphatic heterocycles. The zero-order chi connectivity index (χ0) is 8.93. The Morgan fingerprint density at radius 1 is 1.00 bits per heavy atom. The second-order valence-electron chi connectivity index (χ2n) is 3.52. The Morgan fingerprint density at radius 3 is 2.38 bits per heavy atom. The molecule has 1 aliphatic rings. The quantitative estimate of drug-likeness (QED) is 0.721. The van der Waals surface area contributed by atoms with Gasteiger partial charge in [-0.1, -0.05) is 23.8 Å². The molecule has 0 spiro atoms. The van der Waals surface area contributed by atoms with Gasteiger partial charge < -0.3 is 5.32 Å². The standard InChI is InChI=1S/C12H15N/c1-2-8-12(9-3-1)13-10-11-6-4-5-7-11/h1-3,8-10,13H,4-7H2. The fourth-order valence-corrected chi connectivity index (χ4v) is 1.69. The van der Waals surface area contributed by atoms with E-state index in [1.807, 2.05) is 6.07 Å². The van der Waals surface area contributed by atoms with Gasteiger partial charge in [-0.05, 0) is 37.8 Å². The van der Waals surface area contributed by atoms with Crippen molar-refractivity contribution in [1.82, 2.24) is 0 Å². The van der Waals surface area contributed by atoms with Crippen LogP contribution < -0.4 is 5.32 Å². The highest BCUT2D eigenvalue weighted by Crippen LogP contribution is 2.23. The Balaban J connectivity index is 1.95. The molecule has 0 saturated heterocycles. The van der Waals surface area contributed by atoms with Gasteiger partial charge in [-0.25, -0.2) is 0 Å². The van der Waals surface area contributed by atoms with Crippen LogP contribution in [0, 0.1) is 0 Å². The van der Waals surface area contributed by atoms with Crippen molar-refractivity contribution in [2.45, 2.75) is 25.7 Å². The molecule has 1 heteroatoms. The van der Waals surface area contributed by atoms with Gasteiger partial charge in [0.2, 0.25) is 0 Å². The second kappa shape index (κ2) is 4.13. The Hall–Kier alpha value is -1.24. The lowest BCUT2D eigenvalue weighted by molar-refractivity contribution is 0.886. The second-order valence-corrected chi connectivity index (χ2v) is 3.52. The monoisotopic (exact) mass is 173 g/mol. The van der Waals surface area contributed by atoms with Crippen LogP contribution in [-0.2, 0) is 0 Å². The lowest BCUT2D eigenvalue weighted by atomic mass is 10.2. The van der Waals surface area contributed by atoms with Crippen molar-refractivity contribution in [3.63, 3.8) is 0 Å². The van der Waals surface area contributed by atoms with Crippen LogP contribution in [0.4, 0.5) is 5.69 Å². The average molecular weight is 173 g/mol. The van der Waals surface area contributed by atoms with Crippen LogP contribution in [0.2, 0.25) is 0 Å². The van der Waals surface area contributed by atoms with Crippen LogP contribution in [0.5, 0.6) is 0 Å². The summed E-state index contributed by atoms with van der Waals surface area (Å²) in [4.78, 5) is 0. The van der Waals surface area contributed by atoms with E-state index in [4.69, 9.17) is 0 Å². The average Bonchev–Trinajstić information content (AvgIpc) is 2.69. The van der Waals surface area contributed by atoms with Crippen LogP contribution in [0.25, 0.3) is 0 Å². The van der Waals surface area contributed by atoms with E-state index in [1.54, 1.807) is 5.57 Å². The van der Waals surface area contributed by atoms with E-state index in [9.17, 15) is 0 Å². The van der Waals surface area contributed by atoms with Gasteiger partial charge in [-0.2, -0.15) is 0 Å². The highest BCUT2D eigenvalue weighted by atomic mass is 14.8. The summed E-state index contributed by atoms with van der Waals surface area (Å²) < 4.78 is 0. The predicted molar refractivity (Wildman–Crippen MR) is 56.6 cm³/mol. The van der Waals surface area contributed by atoms with Crippen LogP contribution in [-0.4, -0.2) is 0 Å². The lowest BCUT2D eigenvalue weighted by Crippen LogP contribution is -1.88. The molecular weight excluding hydrogens is 158 g/mol. The van der Waals surface area contributed by atoms with E-state index in [0.717, 1.165) is 0 Å². The van der Waals surface area contributed by atoms with Gasteiger partial charge in [0.15, 0.2) is 0 Å². The summed E-state index contributed by atoms with van der Waals surface area (Å²) in [6.07, 6.45) is 7.45. The molecule has 0 atom stereocenters. The van der Waals surface area contributed by atoms with E-state index in [-0.39, 0.29) is 0 Å². The first-order valence-electron chi connectivity index (χ1n) is 4.95. The maximum absolute atomic E-state index is 3.32. The Kier molecular flexibility index (Phi) is 2.65.